The lowest BCUT2D eigenvalue weighted by atomic mass is 10.1. The molecule has 3 N–H and O–H groups in total. The standard InChI is InChI=1S/C7H13N5O2/c8-6(1-2-7(13)14)3-4-12-5-9-10-11-12/h5-6H,1-4,8H2,(H,13,14). The van der Waals surface area contributed by atoms with Crippen molar-refractivity contribution >= 4 is 5.97 Å². The summed E-state index contributed by atoms with van der Waals surface area (Å²) in [5.74, 6) is -0.817. The van der Waals surface area contributed by atoms with E-state index in [1.807, 2.05) is 0 Å². The highest BCUT2D eigenvalue weighted by atomic mass is 16.4. The summed E-state index contributed by atoms with van der Waals surface area (Å²) >= 11 is 0. The Morgan fingerprint density at radius 3 is 2.93 bits per heavy atom. The summed E-state index contributed by atoms with van der Waals surface area (Å²) in [5, 5.41) is 19.0. The molecule has 1 heterocycles. The Kier molecular flexibility index (Phi) is 3.99. The molecule has 7 nitrogen and oxygen atoms in total. The van der Waals surface area contributed by atoms with Crippen LogP contribution in [0.5, 0.6) is 0 Å². The van der Waals surface area contributed by atoms with Gasteiger partial charge in [-0.2, -0.15) is 0 Å². The highest BCUT2D eigenvalue weighted by Gasteiger charge is 2.06. The lowest BCUT2D eigenvalue weighted by Crippen LogP contribution is -2.23. The van der Waals surface area contributed by atoms with E-state index < -0.39 is 5.97 Å². The fourth-order valence-corrected chi connectivity index (χ4v) is 1.03. The lowest BCUT2D eigenvalue weighted by molar-refractivity contribution is -0.137. The zero-order valence-electron chi connectivity index (χ0n) is 7.70. The highest BCUT2D eigenvalue weighted by Crippen LogP contribution is 2.00. The first kappa shape index (κ1) is 10.6. The number of aryl methyl sites for hydroxylation is 1. The zero-order chi connectivity index (χ0) is 10.4. The van der Waals surface area contributed by atoms with Gasteiger partial charge < -0.3 is 10.8 Å². The number of carboxylic acids is 1. The normalized spacial score (nSPS) is 12.6. The number of carboxylic acid groups (broad SMARTS) is 1. The molecule has 0 aromatic carbocycles. The van der Waals surface area contributed by atoms with Crippen LogP contribution in [0.2, 0.25) is 0 Å². The minimum atomic E-state index is -0.817. The maximum absolute atomic E-state index is 10.2. The number of tetrazole rings is 1. The van der Waals surface area contributed by atoms with Crippen LogP contribution < -0.4 is 5.73 Å². The fraction of sp³-hybridized carbons (Fsp3) is 0.714. The van der Waals surface area contributed by atoms with Gasteiger partial charge in [0.15, 0.2) is 0 Å². The van der Waals surface area contributed by atoms with Crippen LogP contribution in [0.25, 0.3) is 0 Å². The number of aromatic nitrogens is 4. The zero-order valence-corrected chi connectivity index (χ0v) is 7.70. The monoisotopic (exact) mass is 199 g/mol. The average molecular weight is 199 g/mol. The fourth-order valence-electron chi connectivity index (χ4n) is 1.03. The number of nitrogens with zero attached hydrogens (tertiary/aromatic N) is 4. The molecule has 0 fully saturated rings. The maximum atomic E-state index is 10.2. The molecule has 78 valence electrons. The summed E-state index contributed by atoms with van der Waals surface area (Å²) in [4.78, 5) is 10.2. The smallest absolute Gasteiger partial charge is 0.303 e. The van der Waals surface area contributed by atoms with Crippen molar-refractivity contribution in [1.82, 2.24) is 20.2 Å². The first-order valence-corrected chi connectivity index (χ1v) is 4.36. The molecule has 0 aliphatic heterocycles. The molecular formula is C7H13N5O2. The van der Waals surface area contributed by atoms with Crippen LogP contribution in [0, 0.1) is 0 Å². The Morgan fingerprint density at radius 2 is 2.36 bits per heavy atom. The molecule has 0 saturated carbocycles. The van der Waals surface area contributed by atoms with E-state index in [1.54, 1.807) is 4.68 Å². The van der Waals surface area contributed by atoms with E-state index in [4.69, 9.17) is 10.8 Å². The van der Waals surface area contributed by atoms with Gasteiger partial charge >= 0.3 is 5.97 Å². The van der Waals surface area contributed by atoms with Gasteiger partial charge in [-0.1, -0.05) is 0 Å². The summed E-state index contributed by atoms with van der Waals surface area (Å²) in [6.45, 7) is 0.619. The average Bonchev–Trinajstić information content (AvgIpc) is 2.63. The molecule has 1 atom stereocenters. The van der Waals surface area contributed by atoms with Gasteiger partial charge in [0.1, 0.15) is 6.33 Å². The van der Waals surface area contributed by atoms with Gasteiger partial charge in [-0.25, -0.2) is 4.68 Å². The van der Waals surface area contributed by atoms with Gasteiger partial charge in [0, 0.05) is 19.0 Å². The van der Waals surface area contributed by atoms with Crippen LogP contribution in [-0.4, -0.2) is 37.3 Å². The summed E-state index contributed by atoms with van der Waals surface area (Å²) in [5.41, 5.74) is 5.69. The van der Waals surface area contributed by atoms with Crippen molar-refractivity contribution in [2.45, 2.75) is 31.8 Å². The highest BCUT2D eigenvalue weighted by molar-refractivity contribution is 5.66. The Morgan fingerprint density at radius 1 is 1.57 bits per heavy atom. The molecule has 0 radical (unpaired) electrons. The van der Waals surface area contributed by atoms with Gasteiger partial charge in [0.2, 0.25) is 0 Å². The second-order valence-electron chi connectivity index (χ2n) is 3.05. The predicted octanol–water partition coefficient (Wildman–Crippen LogP) is -0.745. The van der Waals surface area contributed by atoms with E-state index in [0.717, 1.165) is 0 Å². The van der Waals surface area contributed by atoms with Crippen LogP contribution in [0.1, 0.15) is 19.3 Å². The van der Waals surface area contributed by atoms with Gasteiger partial charge in [-0.05, 0) is 23.3 Å². The Hall–Kier alpha value is -1.50. The van der Waals surface area contributed by atoms with Crippen molar-refractivity contribution in [3.05, 3.63) is 6.33 Å². The third kappa shape index (κ3) is 3.94. The topological polar surface area (TPSA) is 107 Å². The van der Waals surface area contributed by atoms with Crippen LogP contribution in [0.3, 0.4) is 0 Å². The van der Waals surface area contributed by atoms with Crippen LogP contribution in [0.4, 0.5) is 0 Å². The molecule has 0 amide bonds. The van der Waals surface area contributed by atoms with Crippen molar-refractivity contribution in [1.29, 1.82) is 0 Å². The molecule has 1 unspecified atom stereocenters. The van der Waals surface area contributed by atoms with Crippen molar-refractivity contribution < 1.29 is 9.90 Å². The molecule has 0 bridgehead atoms. The quantitative estimate of drug-likeness (QED) is 0.624. The second kappa shape index (κ2) is 5.28. The van der Waals surface area contributed by atoms with E-state index in [-0.39, 0.29) is 12.5 Å². The number of carbonyl (C=O) groups is 1. The summed E-state index contributed by atoms with van der Waals surface area (Å²) in [7, 11) is 0. The third-order valence-corrected chi connectivity index (χ3v) is 1.85. The predicted molar refractivity (Wildman–Crippen MR) is 47.3 cm³/mol. The number of hydrogen-bond acceptors (Lipinski definition) is 5. The van der Waals surface area contributed by atoms with Crippen molar-refractivity contribution in [3.63, 3.8) is 0 Å². The molecule has 1 rings (SSSR count). The number of rotatable bonds is 6. The van der Waals surface area contributed by atoms with Crippen molar-refractivity contribution in [2.75, 3.05) is 0 Å². The minimum absolute atomic E-state index is 0.108. The van der Waals surface area contributed by atoms with E-state index in [2.05, 4.69) is 15.5 Å². The molecule has 14 heavy (non-hydrogen) atoms. The summed E-state index contributed by atoms with van der Waals surface area (Å²) < 4.78 is 1.57. The van der Waals surface area contributed by atoms with Gasteiger partial charge in [0.25, 0.3) is 0 Å². The summed E-state index contributed by atoms with van der Waals surface area (Å²) in [6.07, 6.45) is 2.77. The van der Waals surface area contributed by atoms with Gasteiger partial charge in [0.05, 0.1) is 0 Å². The Bertz CT molecular complexity index is 274. The van der Waals surface area contributed by atoms with Gasteiger partial charge in [-0.15, -0.1) is 5.10 Å². The van der Waals surface area contributed by atoms with E-state index in [0.29, 0.717) is 19.4 Å². The molecule has 1 aromatic heterocycles. The molecular weight excluding hydrogens is 186 g/mol. The number of nitrogens with two attached hydrogens (primary N) is 1. The molecule has 1 aromatic rings. The lowest BCUT2D eigenvalue weighted by Gasteiger charge is -2.08. The largest absolute Gasteiger partial charge is 0.481 e. The van der Waals surface area contributed by atoms with Crippen molar-refractivity contribution in [3.8, 4) is 0 Å². The number of hydrogen-bond donors (Lipinski definition) is 2. The second-order valence-corrected chi connectivity index (χ2v) is 3.05. The SMILES string of the molecule is NC(CCC(=O)O)CCn1cnnn1. The van der Waals surface area contributed by atoms with E-state index in [9.17, 15) is 4.79 Å². The third-order valence-electron chi connectivity index (χ3n) is 1.85. The Labute approximate surface area is 80.9 Å². The molecule has 0 saturated heterocycles. The summed E-state index contributed by atoms with van der Waals surface area (Å²) in [6, 6.07) is -0.115. The molecule has 7 heteroatoms. The van der Waals surface area contributed by atoms with E-state index >= 15 is 0 Å². The number of aliphatic carboxylic acids is 1. The first-order chi connectivity index (χ1) is 6.68. The molecule has 0 spiro atoms. The van der Waals surface area contributed by atoms with Crippen molar-refractivity contribution in [2.24, 2.45) is 5.73 Å². The van der Waals surface area contributed by atoms with Crippen LogP contribution in [-0.2, 0) is 11.3 Å². The van der Waals surface area contributed by atoms with Crippen LogP contribution >= 0.6 is 0 Å². The Balaban J connectivity index is 2.15. The molecule has 0 aliphatic carbocycles. The minimum Gasteiger partial charge on any atom is -0.481 e. The maximum Gasteiger partial charge on any atom is 0.303 e. The molecule has 0 aliphatic rings. The van der Waals surface area contributed by atoms with E-state index in [1.165, 1.54) is 6.33 Å². The van der Waals surface area contributed by atoms with Gasteiger partial charge in [-0.3, -0.25) is 4.79 Å². The van der Waals surface area contributed by atoms with Crippen LogP contribution in [0.15, 0.2) is 6.33 Å². The first-order valence-electron chi connectivity index (χ1n) is 4.36.